The number of aromatic nitrogens is 2. The maximum absolute atomic E-state index is 5.96. The van der Waals surface area contributed by atoms with E-state index in [-0.39, 0.29) is 0 Å². The summed E-state index contributed by atoms with van der Waals surface area (Å²) in [7, 11) is 1.52. The summed E-state index contributed by atoms with van der Waals surface area (Å²) in [6.07, 6.45) is 3.63. The highest BCUT2D eigenvalue weighted by atomic mass is 35.5. The Morgan fingerprint density at radius 1 is 1.53 bits per heavy atom. The Bertz CT molecular complexity index is 349. The number of anilines is 1. The molecule has 0 saturated carbocycles. The lowest BCUT2D eigenvalue weighted by Crippen LogP contribution is -2.07. The van der Waals surface area contributed by atoms with Gasteiger partial charge < -0.3 is 10.1 Å². The number of alkyl halides is 1. The second kappa shape index (κ2) is 7.56. The molecule has 1 heterocycles. The van der Waals surface area contributed by atoms with Crippen LogP contribution >= 0.6 is 23.2 Å². The Morgan fingerprint density at radius 2 is 2.29 bits per heavy atom. The summed E-state index contributed by atoms with van der Waals surface area (Å²) in [5.41, 5.74) is 0. The third kappa shape index (κ3) is 4.96. The average molecular weight is 278 g/mol. The predicted molar refractivity (Wildman–Crippen MR) is 71.2 cm³/mol. The minimum atomic E-state index is 0.311. The first-order chi connectivity index (χ1) is 8.17. The zero-order valence-electron chi connectivity index (χ0n) is 10.0. The average Bonchev–Trinajstić information content (AvgIpc) is 2.36. The quantitative estimate of drug-likeness (QED) is 0.614. The molecule has 0 amide bonds. The van der Waals surface area contributed by atoms with Gasteiger partial charge >= 0.3 is 6.01 Å². The fourth-order valence-corrected chi connectivity index (χ4v) is 1.62. The minimum absolute atomic E-state index is 0.311. The van der Waals surface area contributed by atoms with Crippen molar-refractivity contribution in [3.8, 4) is 6.01 Å². The van der Waals surface area contributed by atoms with E-state index >= 15 is 0 Å². The molecule has 6 heteroatoms. The van der Waals surface area contributed by atoms with E-state index in [2.05, 4.69) is 22.2 Å². The first-order valence-corrected chi connectivity index (χ1v) is 6.45. The van der Waals surface area contributed by atoms with Crippen LogP contribution < -0.4 is 10.1 Å². The molecule has 1 rings (SSSR count). The van der Waals surface area contributed by atoms with E-state index in [4.69, 9.17) is 27.9 Å². The van der Waals surface area contributed by atoms with Crippen LogP contribution in [0.4, 0.5) is 5.82 Å². The van der Waals surface area contributed by atoms with Crippen LogP contribution in [0.1, 0.15) is 19.8 Å². The molecule has 1 aromatic rings. The highest BCUT2D eigenvalue weighted by Crippen LogP contribution is 2.20. The predicted octanol–water partition coefficient (Wildman–Crippen LogP) is 3.21. The number of halogens is 2. The van der Waals surface area contributed by atoms with E-state index in [0.29, 0.717) is 28.6 Å². The van der Waals surface area contributed by atoms with Crippen molar-refractivity contribution in [1.29, 1.82) is 0 Å². The van der Waals surface area contributed by atoms with Crippen molar-refractivity contribution in [2.24, 2.45) is 5.92 Å². The summed E-state index contributed by atoms with van der Waals surface area (Å²) in [6.45, 7) is 2.94. The van der Waals surface area contributed by atoms with Crippen LogP contribution in [0.5, 0.6) is 6.01 Å². The van der Waals surface area contributed by atoms with E-state index in [0.717, 1.165) is 19.4 Å². The number of rotatable bonds is 7. The summed E-state index contributed by atoms with van der Waals surface area (Å²) in [4.78, 5) is 8.03. The maximum Gasteiger partial charge on any atom is 0.318 e. The first kappa shape index (κ1) is 14.3. The van der Waals surface area contributed by atoms with Crippen LogP contribution in [-0.4, -0.2) is 29.5 Å². The van der Waals surface area contributed by atoms with Crippen LogP contribution in [-0.2, 0) is 0 Å². The Kier molecular flexibility index (Phi) is 6.37. The normalized spacial score (nSPS) is 12.2. The number of hydrogen-bond acceptors (Lipinski definition) is 4. The molecule has 17 heavy (non-hydrogen) atoms. The van der Waals surface area contributed by atoms with Crippen molar-refractivity contribution in [3.05, 3.63) is 11.2 Å². The second-order valence-electron chi connectivity index (χ2n) is 3.88. The number of ether oxygens (including phenoxy) is 1. The molecular formula is C11H17Cl2N3O. The minimum Gasteiger partial charge on any atom is -0.467 e. The smallest absolute Gasteiger partial charge is 0.318 e. The third-order valence-corrected chi connectivity index (χ3v) is 3.14. The molecule has 1 N–H and O–H groups in total. The zero-order valence-corrected chi connectivity index (χ0v) is 11.6. The van der Waals surface area contributed by atoms with Gasteiger partial charge in [-0.05, 0) is 18.8 Å². The van der Waals surface area contributed by atoms with Crippen molar-refractivity contribution in [2.45, 2.75) is 19.8 Å². The van der Waals surface area contributed by atoms with E-state index < -0.39 is 0 Å². The van der Waals surface area contributed by atoms with Crippen LogP contribution in [0.2, 0.25) is 5.02 Å². The summed E-state index contributed by atoms with van der Waals surface area (Å²) in [5.74, 6) is 1.84. The number of hydrogen-bond donors (Lipinski definition) is 1. The number of nitrogens with zero attached hydrogens (tertiary/aromatic N) is 2. The number of nitrogens with one attached hydrogen (secondary N) is 1. The van der Waals surface area contributed by atoms with Gasteiger partial charge in [-0.2, -0.15) is 4.98 Å². The summed E-state index contributed by atoms with van der Waals surface area (Å²) in [5, 5.41) is 3.66. The first-order valence-electron chi connectivity index (χ1n) is 5.53. The molecule has 0 aliphatic carbocycles. The van der Waals surface area contributed by atoms with Gasteiger partial charge in [-0.1, -0.05) is 18.5 Å². The molecule has 0 fully saturated rings. The van der Waals surface area contributed by atoms with Gasteiger partial charge in [0.15, 0.2) is 5.82 Å². The molecule has 0 spiro atoms. The molecule has 96 valence electrons. The summed E-state index contributed by atoms with van der Waals surface area (Å²) >= 11 is 11.7. The molecule has 0 aromatic carbocycles. The van der Waals surface area contributed by atoms with E-state index in [9.17, 15) is 0 Å². The highest BCUT2D eigenvalue weighted by Gasteiger charge is 2.05. The molecular weight excluding hydrogens is 261 g/mol. The molecule has 0 bridgehead atoms. The lowest BCUT2D eigenvalue weighted by Gasteiger charge is -2.10. The fourth-order valence-electron chi connectivity index (χ4n) is 1.31. The van der Waals surface area contributed by atoms with Crippen LogP contribution in [0.15, 0.2) is 6.20 Å². The van der Waals surface area contributed by atoms with Crippen molar-refractivity contribution >= 4 is 29.0 Å². The largest absolute Gasteiger partial charge is 0.467 e. The van der Waals surface area contributed by atoms with Crippen molar-refractivity contribution < 1.29 is 4.74 Å². The molecule has 0 saturated heterocycles. The molecule has 0 aliphatic heterocycles. The maximum atomic E-state index is 5.96. The zero-order chi connectivity index (χ0) is 12.7. The molecule has 4 nitrogen and oxygen atoms in total. The lowest BCUT2D eigenvalue weighted by molar-refractivity contribution is 0.380. The Balaban J connectivity index is 2.40. The van der Waals surface area contributed by atoms with Crippen molar-refractivity contribution in [2.75, 3.05) is 24.9 Å². The van der Waals surface area contributed by atoms with E-state index in [1.807, 2.05) is 0 Å². The molecule has 1 atom stereocenters. The van der Waals surface area contributed by atoms with Gasteiger partial charge in [0, 0.05) is 12.4 Å². The van der Waals surface area contributed by atoms with Gasteiger partial charge in [0.1, 0.15) is 5.02 Å². The van der Waals surface area contributed by atoms with E-state index in [1.54, 1.807) is 0 Å². The summed E-state index contributed by atoms with van der Waals surface area (Å²) < 4.78 is 4.93. The molecule has 1 aromatic heterocycles. The lowest BCUT2D eigenvalue weighted by atomic mass is 10.1. The molecule has 0 radical (unpaired) electrons. The van der Waals surface area contributed by atoms with Crippen molar-refractivity contribution in [3.63, 3.8) is 0 Å². The molecule has 1 unspecified atom stereocenters. The van der Waals surface area contributed by atoms with Gasteiger partial charge in [0.2, 0.25) is 0 Å². The second-order valence-corrected chi connectivity index (χ2v) is 4.60. The van der Waals surface area contributed by atoms with E-state index in [1.165, 1.54) is 13.3 Å². The topological polar surface area (TPSA) is 47.0 Å². The SMILES string of the molecule is COc1ncc(Cl)c(NCCCC(C)CCl)n1. The Morgan fingerprint density at radius 3 is 2.94 bits per heavy atom. The van der Waals surface area contributed by atoms with Gasteiger partial charge in [-0.3, -0.25) is 0 Å². The fraction of sp³-hybridized carbons (Fsp3) is 0.636. The van der Waals surface area contributed by atoms with Crippen LogP contribution in [0.25, 0.3) is 0 Å². The molecule has 0 aliphatic rings. The summed E-state index contributed by atoms with van der Waals surface area (Å²) in [6, 6.07) is 0.311. The van der Waals surface area contributed by atoms with Gasteiger partial charge in [0.05, 0.1) is 13.3 Å². The Labute approximate surface area is 112 Å². The number of methoxy groups -OCH3 is 1. The third-order valence-electron chi connectivity index (χ3n) is 2.33. The van der Waals surface area contributed by atoms with Crippen molar-refractivity contribution in [1.82, 2.24) is 9.97 Å². The van der Waals surface area contributed by atoms with Gasteiger partial charge in [-0.25, -0.2) is 4.98 Å². The highest BCUT2D eigenvalue weighted by molar-refractivity contribution is 6.32. The standard InChI is InChI=1S/C11H17Cl2N3O/c1-8(6-12)4-3-5-14-10-9(13)7-15-11(16-10)17-2/h7-8H,3-6H2,1-2H3,(H,14,15,16). The van der Waals surface area contributed by atoms with Gasteiger partial charge in [0.25, 0.3) is 0 Å². The Hall–Kier alpha value is -0.740. The van der Waals surface area contributed by atoms with Crippen LogP contribution in [0, 0.1) is 5.92 Å². The monoisotopic (exact) mass is 277 g/mol. The van der Waals surface area contributed by atoms with Gasteiger partial charge in [-0.15, -0.1) is 11.6 Å². The van der Waals surface area contributed by atoms with Crippen LogP contribution in [0.3, 0.4) is 0 Å².